The Balaban J connectivity index is 1.88. The number of nitrogens with two attached hydrogens (primary N) is 1. The summed E-state index contributed by atoms with van der Waals surface area (Å²) in [7, 11) is 5.08. The van der Waals surface area contributed by atoms with E-state index in [1.54, 1.807) is 24.2 Å². The lowest BCUT2D eigenvalue weighted by atomic mass is 10.0. The highest BCUT2D eigenvalue weighted by molar-refractivity contribution is 5.90. The van der Waals surface area contributed by atoms with E-state index in [-0.39, 0.29) is 6.54 Å². The molecule has 3 rings (SSSR count). The molecule has 0 aromatic heterocycles. The van der Waals surface area contributed by atoms with Crippen molar-refractivity contribution in [3.8, 4) is 5.75 Å². The summed E-state index contributed by atoms with van der Waals surface area (Å²) in [5, 5.41) is 9.45. The molecule has 2 heterocycles. The van der Waals surface area contributed by atoms with Crippen molar-refractivity contribution in [2.75, 3.05) is 33.5 Å². The minimum absolute atomic E-state index is 0.182. The first-order chi connectivity index (χ1) is 13.8. The summed E-state index contributed by atoms with van der Waals surface area (Å²) in [6, 6.07) is 2.78. The average Bonchev–Trinajstić information content (AvgIpc) is 3.07. The van der Waals surface area contributed by atoms with Gasteiger partial charge >= 0.3 is 0 Å². The summed E-state index contributed by atoms with van der Waals surface area (Å²) in [6.07, 6.45) is 2.67. The Hall–Kier alpha value is -3.11. The molecule has 2 aliphatic rings. The smallest absolute Gasteiger partial charge is 0.247 e. The van der Waals surface area contributed by atoms with E-state index in [1.165, 1.54) is 7.11 Å². The van der Waals surface area contributed by atoms with Crippen molar-refractivity contribution in [2.45, 2.75) is 12.6 Å². The van der Waals surface area contributed by atoms with Gasteiger partial charge in [-0.25, -0.2) is 14.2 Å². The predicted octanol–water partition coefficient (Wildman–Crippen LogP) is 0.868. The second-order valence-electron chi connectivity index (χ2n) is 6.64. The molecule has 1 unspecified atom stereocenters. The molecule has 10 heteroatoms. The van der Waals surface area contributed by atoms with Crippen LogP contribution in [0.2, 0.25) is 0 Å². The zero-order valence-corrected chi connectivity index (χ0v) is 16.4. The number of dihydropyridines is 1. The summed E-state index contributed by atoms with van der Waals surface area (Å²) >= 11 is 0. The van der Waals surface area contributed by atoms with Gasteiger partial charge in [-0.2, -0.15) is 0 Å². The zero-order chi connectivity index (χ0) is 21.1. The Morgan fingerprint density at radius 3 is 2.83 bits per heavy atom. The molecule has 6 N–H and O–H groups in total. The lowest BCUT2D eigenvalue weighted by molar-refractivity contribution is -0.121. The summed E-state index contributed by atoms with van der Waals surface area (Å²) in [4.78, 5) is 12.6. The molecule has 0 spiro atoms. The van der Waals surface area contributed by atoms with Crippen LogP contribution in [0.15, 0.2) is 41.8 Å². The Kier molecular flexibility index (Phi) is 6.04. The Morgan fingerprint density at radius 2 is 2.17 bits per heavy atom. The number of amides is 1. The molecule has 0 saturated heterocycles. The van der Waals surface area contributed by atoms with Crippen LogP contribution in [0.4, 0.5) is 14.5 Å². The number of anilines is 1. The molecule has 1 aromatic rings. The van der Waals surface area contributed by atoms with E-state index < -0.39 is 29.3 Å². The second-order valence-corrected chi connectivity index (χ2v) is 6.64. The highest BCUT2D eigenvalue weighted by Crippen LogP contribution is 2.34. The molecule has 1 aromatic carbocycles. The van der Waals surface area contributed by atoms with Crippen LogP contribution in [-0.4, -0.2) is 44.7 Å². The summed E-state index contributed by atoms with van der Waals surface area (Å²) in [5.74, 6) is -1.68. The number of hydrazine groups is 1. The number of rotatable bonds is 6. The summed E-state index contributed by atoms with van der Waals surface area (Å²) < 4.78 is 33.1. The average molecular weight is 406 g/mol. The molecular formula is C19H24F2N6O2. The molecule has 2 aliphatic heterocycles. The fourth-order valence-corrected chi connectivity index (χ4v) is 3.19. The van der Waals surface area contributed by atoms with Crippen LogP contribution in [0.3, 0.4) is 0 Å². The van der Waals surface area contributed by atoms with Crippen molar-refractivity contribution < 1.29 is 18.3 Å². The van der Waals surface area contributed by atoms with Gasteiger partial charge in [-0.05, 0) is 24.8 Å². The SMILES string of the molecule is CNCc1cc(C2=CC(C(=O)NC3=C(F)CNC=C3F)NN2C)c(OC)cc1N. The predicted molar refractivity (Wildman–Crippen MR) is 106 cm³/mol. The highest BCUT2D eigenvalue weighted by atomic mass is 19.1. The van der Waals surface area contributed by atoms with Gasteiger partial charge in [-0.1, -0.05) is 0 Å². The van der Waals surface area contributed by atoms with Gasteiger partial charge in [0.15, 0.2) is 5.83 Å². The van der Waals surface area contributed by atoms with Gasteiger partial charge in [0.05, 0.1) is 19.4 Å². The fraction of sp³-hybridized carbons (Fsp3) is 0.316. The first kappa shape index (κ1) is 20.6. The molecule has 0 fully saturated rings. The number of nitrogen functional groups attached to an aromatic ring is 1. The van der Waals surface area contributed by atoms with Gasteiger partial charge in [-0.15, -0.1) is 0 Å². The van der Waals surface area contributed by atoms with E-state index in [9.17, 15) is 13.6 Å². The van der Waals surface area contributed by atoms with Gasteiger partial charge in [-0.3, -0.25) is 4.79 Å². The minimum Gasteiger partial charge on any atom is -0.496 e. The van der Waals surface area contributed by atoms with Crippen molar-refractivity contribution in [3.05, 3.63) is 52.9 Å². The van der Waals surface area contributed by atoms with E-state index in [1.807, 2.05) is 13.1 Å². The number of carbonyl (C=O) groups is 1. The number of nitrogens with zero attached hydrogens (tertiary/aromatic N) is 1. The van der Waals surface area contributed by atoms with Crippen LogP contribution in [-0.2, 0) is 11.3 Å². The van der Waals surface area contributed by atoms with Crippen LogP contribution < -0.4 is 31.8 Å². The van der Waals surface area contributed by atoms with Crippen molar-refractivity contribution in [1.82, 2.24) is 26.4 Å². The van der Waals surface area contributed by atoms with Gasteiger partial charge in [0, 0.05) is 37.1 Å². The Bertz CT molecular complexity index is 912. The molecule has 29 heavy (non-hydrogen) atoms. The number of allylic oxidation sites excluding steroid dienone is 1. The Morgan fingerprint density at radius 1 is 1.41 bits per heavy atom. The third kappa shape index (κ3) is 4.17. The molecule has 156 valence electrons. The maximum Gasteiger partial charge on any atom is 0.247 e. The molecule has 1 amide bonds. The number of ether oxygens (including phenoxy) is 1. The second kappa shape index (κ2) is 8.50. The van der Waals surface area contributed by atoms with Gasteiger partial charge in [0.1, 0.15) is 23.3 Å². The largest absolute Gasteiger partial charge is 0.496 e. The third-order valence-electron chi connectivity index (χ3n) is 4.65. The molecule has 0 bridgehead atoms. The first-order valence-electron chi connectivity index (χ1n) is 8.97. The van der Waals surface area contributed by atoms with Crippen molar-refractivity contribution >= 4 is 17.3 Å². The first-order valence-corrected chi connectivity index (χ1v) is 8.97. The Labute approximate surface area is 167 Å². The lowest BCUT2D eigenvalue weighted by Gasteiger charge is -2.21. The fourth-order valence-electron chi connectivity index (χ4n) is 3.19. The molecule has 0 radical (unpaired) electrons. The van der Waals surface area contributed by atoms with E-state index in [0.29, 0.717) is 23.7 Å². The monoisotopic (exact) mass is 406 g/mol. The topological polar surface area (TPSA) is 104 Å². The summed E-state index contributed by atoms with van der Waals surface area (Å²) in [6.45, 7) is 0.378. The molecular weight excluding hydrogens is 382 g/mol. The third-order valence-corrected chi connectivity index (χ3v) is 4.65. The zero-order valence-electron chi connectivity index (χ0n) is 16.4. The van der Waals surface area contributed by atoms with Crippen LogP contribution in [0.1, 0.15) is 11.1 Å². The molecule has 8 nitrogen and oxygen atoms in total. The van der Waals surface area contributed by atoms with Crippen LogP contribution >= 0.6 is 0 Å². The number of benzene rings is 1. The summed E-state index contributed by atoms with van der Waals surface area (Å²) in [5.41, 5.74) is 11.4. The van der Waals surface area contributed by atoms with E-state index in [4.69, 9.17) is 10.5 Å². The van der Waals surface area contributed by atoms with Crippen LogP contribution in [0.25, 0.3) is 5.70 Å². The normalized spacial score (nSPS) is 18.9. The molecule has 0 saturated carbocycles. The number of methoxy groups -OCH3 is 1. The van der Waals surface area contributed by atoms with E-state index in [2.05, 4.69) is 21.4 Å². The number of hydrogen-bond acceptors (Lipinski definition) is 7. The number of halogens is 2. The maximum atomic E-state index is 13.9. The van der Waals surface area contributed by atoms with Gasteiger partial charge in [0.25, 0.3) is 0 Å². The number of nitrogens with one attached hydrogen (secondary N) is 4. The molecule has 0 aliphatic carbocycles. The van der Waals surface area contributed by atoms with Crippen LogP contribution in [0.5, 0.6) is 5.75 Å². The van der Waals surface area contributed by atoms with Crippen LogP contribution in [0, 0.1) is 0 Å². The number of hydrogen-bond donors (Lipinski definition) is 5. The van der Waals surface area contributed by atoms with Crippen molar-refractivity contribution in [1.29, 1.82) is 0 Å². The standard InChI is InChI=1S/C19H24F2N6O2/c1-23-7-10-4-11(17(29-3)5-14(10)22)16-6-15(26-27(16)2)19(28)25-18-12(20)8-24-9-13(18)21/h4-6,8,15,23-24,26H,7,9,22H2,1-3H3,(H,25,28). The minimum atomic E-state index is -0.866. The molecule has 1 atom stereocenters. The van der Waals surface area contributed by atoms with Crippen molar-refractivity contribution in [2.24, 2.45) is 0 Å². The van der Waals surface area contributed by atoms with E-state index in [0.717, 1.165) is 17.3 Å². The van der Waals surface area contributed by atoms with Crippen molar-refractivity contribution in [3.63, 3.8) is 0 Å². The highest BCUT2D eigenvalue weighted by Gasteiger charge is 2.30. The lowest BCUT2D eigenvalue weighted by Crippen LogP contribution is -2.44. The van der Waals surface area contributed by atoms with E-state index >= 15 is 0 Å². The quantitative estimate of drug-likeness (QED) is 0.447. The van der Waals surface area contributed by atoms with Gasteiger partial charge in [0.2, 0.25) is 5.91 Å². The number of carbonyl (C=O) groups excluding carboxylic acids is 1. The maximum absolute atomic E-state index is 13.9. The van der Waals surface area contributed by atoms with Gasteiger partial charge < -0.3 is 31.4 Å².